The van der Waals surface area contributed by atoms with Crippen LogP contribution in [0.3, 0.4) is 0 Å². The molecule has 0 saturated heterocycles. The molecule has 0 fully saturated rings. The van der Waals surface area contributed by atoms with E-state index in [4.69, 9.17) is 9.47 Å². The normalized spacial score (nSPS) is 10.9. The second kappa shape index (κ2) is 20.1. The van der Waals surface area contributed by atoms with Gasteiger partial charge >= 0.3 is 0 Å². The van der Waals surface area contributed by atoms with E-state index in [9.17, 15) is 9.59 Å². The summed E-state index contributed by atoms with van der Waals surface area (Å²) >= 11 is 0. The minimum absolute atomic E-state index is 0.0251. The van der Waals surface area contributed by atoms with Crippen molar-refractivity contribution in [2.45, 2.75) is 84.5 Å². The number of nitrogens with zero attached hydrogens (tertiary/aromatic N) is 2. The summed E-state index contributed by atoms with van der Waals surface area (Å²) in [4.78, 5) is 27.5. The number of carbonyl (C=O) groups excluding carboxylic acids is 2. The molecular formula is C23H46N2O4. The van der Waals surface area contributed by atoms with Crippen molar-refractivity contribution in [3.05, 3.63) is 0 Å². The van der Waals surface area contributed by atoms with Crippen LogP contribution in [0.4, 0.5) is 0 Å². The quantitative estimate of drug-likeness (QED) is 0.279. The van der Waals surface area contributed by atoms with Crippen LogP contribution in [0.15, 0.2) is 0 Å². The Morgan fingerprint density at radius 3 is 1.34 bits per heavy atom. The molecule has 0 saturated carbocycles. The van der Waals surface area contributed by atoms with Crippen LogP contribution >= 0.6 is 0 Å². The highest BCUT2D eigenvalue weighted by Crippen LogP contribution is 2.04. The first kappa shape index (κ1) is 27.9. The third-order valence-corrected chi connectivity index (χ3v) is 5.07. The Labute approximate surface area is 179 Å². The molecule has 0 aromatic heterocycles. The van der Waals surface area contributed by atoms with E-state index in [1.807, 2.05) is 14.1 Å². The van der Waals surface area contributed by atoms with E-state index in [0.717, 1.165) is 25.9 Å². The molecule has 0 radical (unpaired) electrons. The van der Waals surface area contributed by atoms with Gasteiger partial charge in [-0.1, -0.05) is 65.2 Å². The van der Waals surface area contributed by atoms with Crippen molar-refractivity contribution in [2.75, 3.05) is 53.6 Å². The van der Waals surface area contributed by atoms with E-state index in [-0.39, 0.29) is 25.0 Å². The maximum Gasteiger partial charge on any atom is 0.248 e. The molecule has 0 aliphatic carbocycles. The second-order valence-corrected chi connectivity index (χ2v) is 7.92. The van der Waals surface area contributed by atoms with Crippen molar-refractivity contribution >= 4 is 11.8 Å². The van der Waals surface area contributed by atoms with E-state index in [1.54, 1.807) is 9.80 Å². The monoisotopic (exact) mass is 414 g/mol. The van der Waals surface area contributed by atoms with Crippen LogP contribution in [-0.4, -0.2) is 75.2 Å². The SMILES string of the molecule is CCCCCCCN(C)C(=O)COCCCOCC(=O)N(C)CCCCCCC. The minimum Gasteiger partial charge on any atom is -0.372 e. The van der Waals surface area contributed by atoms with Crippen LogP contribution in [0.2, 0.25) is 0 Å². The zero-order chi connectivity index (χ0) is 21.7. The summed E-state index contributed by atoms with van der Waals surface area (Å²) in [5.41, 5.74) is 0. The minimum atomic E-state index is 0.0251. The molecule has 0 spiro atoms. The Hall–Kier alpha value is -1.14. The molecule has 0 unspecified atom stereocenters. The van der Waals surface area contributed by atoms with E-state index in [0.29, 0.717) is 19.6 Å². The van der Waals surface area contributed by atoms with E-state index in [1.165, 1.54) is 51.4 Å². The van der Waals surface area contributed by atoms with Crippen LogP contribution in [-0.2, 0) is 19.1 Å². The first-order valence-electron chi connectivity index (χ1n) is 11.7. The third-order valence-electron chi connectivity index (χ3n) is 5.07. The Balaban J connectivity index is 3.54. The predicted octanol–water partition coefficient (Wildman–Crippen LogP) is 4.27. The van der Waals surface area contributed by atoms with Gasteiger partial charge in [-0.3, -0.25) is 9.59 Å². The zero-order valence-corrected chi connectivity index (χ0v) is 19.5. The van der Waals surface area contributed by atoms with Crippen molar-refractivity contribution in [3.8, 4) is 0 Å². The summed E-state index contributed by atoms with van der Waals surface area (Å²) in [6.45, 7) is 7.16. The van der Waals surface area contributed by atoms with Gasteiger partial charge in [-0.05, 0) is 19.3 Å². The summed E-state index contributed by atoms with van der Waals surface area (Å²) in [5, 5.41) is 0. The highest BCUT2D eigenvalue weighted by Gasteiger charge is 2.09. The molecule has 0 heterocycles. The van der Waals surface area contributed by atoms with Gasteiger partial charge in [0.05, 0.1) is 0 Å². The molecule has 0 aliphatic heterocycles. The van der Waals surface area contributed by atoms with Gasteiger partial charge in [0.2, 0.25) is 11.8 Å². The summed E-state index contributed by atoms with van der Waals surface area (Å²) in [5.74, 6) is 0.0503. The van der Waals surface area contributed by atoms with Gasteiger partial charge in [0.25, 0.3) is 0 Å². The standard InChI is InChI=1S/C23H46N2O4/c1-5-7-9-11-13-16-24(3)22(26)20-28-18-15-19-29-21-23(27)25(4)17-14-12-10-8-6-2/h5-21H2,1-4H3. The lowest BCUT2D eigenvalue weighted by Gasteiger charge is -2.17. The molecule has 6 heteroatoms. The summed E-state index contributed by atoms with van der Waals surface area (Å²) in [6.07, 6.45) is 12.6. The average molecular weight is 415 g/mol. The molecule has 0 rings (SSSR count). The fourth-order valence-corrected chi connectivity index (χ4v) is 2.96. The molecule has 2 amide bonds. The average Bonchev–Trinajstić information content (AvgIpc) is 2.71. The van der Waals surface area contributed by atoms with Crippen LogP contribution < -0.4 is 0 Å². The topological polar surface area (TPSA) is 59.1 Å². The predicted molar refractivity (Wildman–Crippen MR) is 119 cm³/mol. The summed E-state index contributed by atoms with van der Waals surface area (Å²) in [7, 11) is 3.67. The van der Waals surface area contributed by atoms with E-state index >= 15 is 0 Å². The van der Waals surface area contributed by atoms with Crippen molar-refractivity contribution in [2.24, 2.45) is 0 Å². The van der Waals surface area contributed by atoms with Gasteiger partial charge in [0, 0.05) is 40.4 Å². The molecule has 0 bridgehead atoms. The Bertz CT molecular complexity index is 368. The largest absolute Gasteiger partial charge is 0.372 e. The number of amides is 2. The van der Waals surface area contributed by atoms with Crippen molar-refractivity contribution in [1.82, 2.24) is 9.80 Å². The maximum absolute atomic E-state index is 12.0. The van der Waals surface area contributed by atoms with Crippen LogP contribution in [0, 0.1) is 0 Å². The van der Waals surface area contributed by atoms with Crippen molar-refractivity contribution in [1.29, 1.82) is 0 Å². The molecule has 0 aromatic carbocycles. The van der Waals surface area contributed by atoms with Gasteiger partial charge in [-0.25, -0.2) is 0 Å². The van der Waals surface area contributed by atoms with Crippen molar-refractivity contribution in [3.63, 3.8) is 0 Å². The number of hydrogen-bond acceptors (Lipinski definition) is 4. The molecule has 0 aromatic rings. The molecule has 29 heavy (non-hydrogen) atoms. The highest BCUT2D eigenvalue weighted by atomic mass is 16.5. The van der Waals surface area contributed by atoms with Gasteiger partial charge in [0.15, 0.2) is 0 Å². The lowest BCUT2D eigenvalue weighted by atomic mass is 10.1. The molecule has 6 nitrogen and oxygen atoms in total. The fourth-order valence-electron chi connectivity index (χ4n) is 2.96. The summed E-state index contributed by atoms with van der Waals surface area (Å²) < 4.78 is 10.9. The van der Waals surface area contributed by atoms with E-state index < -0.39 is 0 Å². The number of hydrogen-bond donors (Lipinski definition) is 0. The molecule has 172 valence electrons. The number of rotatable bonds is 20. The second-order valence-electron chi connectivity index (χ2n) is 7.92. The van der Waals surface area contributed by atoms with Gasteiger partial charge in [-0.15, -0.1) is 0 Å². The lowest BCUT2D eigenvalue weighted by molar-refractivity contribution is -0.135. The zero-order valence-electron chi connectivity index (χ0n) is 19.5. The van der Waals surface area contributed by atoms with Gasteiger partial charge in [0.1, 0.15) is 13.2 Å². The summed E-state index contributed by atoms with van der Waals surface area (Å²) in [6, 6.07) is 0. The van der Waals surface area contributed by atoms with Crippen LogP contribution in [0.25, 0.3) is 0 Å². The number of carbonyl (C=O) groups is 2. The lowest BCUT2D eigenvalue weighted by Crippen LogP contribution is -2.32. The number of unbranched alkanes of at least 4 members (excludes halogenated alkanes) is 8. The first-order chi connectivity index (χ1) is 14.0. The van der Waals surface area contributed by atoms with Crippen LogP contribution in [0.1, 0.15) is 84.5 Å². The van der Waals surface area contributed by atoms with E-state index in [2.05, 4.69) is 13.8 Å². The molecule has 0 N–H and O–H groups in total. The number of likely N-dealkylation sites (N-methyl/N-ethyl adjacent to an activating group) is 2. The number of ether oxygens (including phenoxy) is 2. The fraction of sp³-hybridized carbons (Fsp3) is 0.913. The Kier molecular flexibility index (Phi) is 19.4. The smallest absolute Gasteiger partial charge is 0.248 e. The molecule has 0 atom stereocenters. The molecule has 0 aliphatic rings. The van der Waals surface area contributed by atoms with Crippen LogP contribution in [0.5, 0.6) is 0 Å². The highest BCUT2D eigenvalue weighted by molar-refractivity contribution is 5.77. The Morgan fingerprint density at radius 2 is 0.966 bits per heavy atom. The van der Waals surface area contributed by atoms with Gasteiger partial charge in [-0.2, -0.15) is 0 Å². The third kappa shape index (κ3) is 17.4. The maximum atomic E-state index is 12.0. The van der Waals surface area contributed by atoms with Gasteiger partial charge < -0.3 is 19.3 Å². The van der Waals surface area contributed by atoms with Crippen molar-refractivity contribution < 1.29 is 19.1 Å². The molecular weight excluding hydrogens is 368 g/mol. The first-order valence-corrected chi connectivity index (χ1v) is 11.7. The Morgan fingerprint density at radius 1 is 0.586 bits per heavy atom.